The van der Waals surface area contributed by atoms with Gasteiger partial charge in [0.25, 0.3) is 0 Å². The first-order chi connectivity index (χ1) is 18.9. The van der Waals surface area contributed by atoms with Crippen molar-refractivity contribution in [1.82, 2.24) is 0 Å². The zero-order valence-corrected chi connectivity index (χ0v) is 23.0. The largest absolute Gasteiger partial charge is 0.431 e. The predicted molar refractivity (Wildman–Crippen MR) is 139 cm³/mol. The highest BCUT2D eigenvalue weighted by atomic mass is 16.7. The summed E-state index contributed by atoms with van der Waals surface area (Å²) in [6, 6.07) is 2.99. The lowest BCUT2D eigenvalue weighted by Gasteiger charge is -2.64. The van der Waals surface area contributed by atoms with Crippen molar-refractivity contribution in [3.63, 3.8) is 0 Å². The number of aldehydes is 1. The van der Waals surface area contributed by atoms with Gasteiger partial charge < -0.3 is 39.1 Å². The summed E-state index contributed by atoms with van der Waals surface area (Å²) >= 11 is 0. The van der Waals surface area contributed by atoms with Gasteiger partial charge in [0.05, 0.1) is 46.6 Å². The van der Waals surface area contributed by atoms with Gasteiger partial charge in [0, 0.05) is 31.2 Å². The average Bonchev–Trinajstić information content (AvgIpc) is 3.20. The van der Waals surface area contributed by atoms with Crippen LogP contribution in [0.2, 0.25) is 0 Å². The number of rotatable bonds is 4. The molecule has 40 heavy (non-hydrogen) atoms. The van der Waals surface area contributed by atoms with Crippen LogP contribution in [0.5, 0.6) is 0 Å². The van der Waals surface area contributed by atoms with Crippen LogP contribution >= 0.6 is 0 Å². The molecule has 4 N–H and O–H groups in total. The summed E-state index contributed by atoms with van der Waals surface area (Å²) < 4.78 is 17.0. The second-order valence-electron chi connectivity index (χ2n) is 13.2. The van der Waals surface area contributed by atoms with E-state index in [1.165, 1.54) is 12.3 Å². The van der Waals surface area contributed by atoms with E-state index in [0.29, 0.717) is 37.7 Å². The van der Waals surface area contributed by atoms with Crippen LogP contribution in [0.1, 0.15) is 83.1 Å². The first kappa shape index (κ1) is 28.2. The number of ketones is 1. The summed E-state index contributed by atoms with van der Waals surface area (Å²) in [4.78, 5) is 38.5. The number of hydrogen-bond acceptors (Lipinski definition) is 10. The van der Waals surface area contributed by atoms with Crippen molar-refractivity contribution in [3.05, 3.63) is 34.4 Å². The third-order valence-corrected chi connectivity index (χ3v) is 11.7. The molecule has 1 aromatic heterocycles. The van der Waals surface area contributed by atoms with Crippen molar-refractivity contribution in [2.24, 2.45) is 22.7 Å². The first-order valence-electron chi connectivity index (χ1n) is 14.6. The number of hydrogen-bond donors (Lipinski definition) is 4. The molecule has 220 valence electrons. The van der Waals surface area contributed by atoms with Crippen molar-refractivity contribution in [2.75, 3.05) is 0 Å². The summed E-state index contributed by atoms with van der Waals surface area (Å²) in [6.45, 7) is 3.47. The molecule has 0 aromatic carbocycles. The Morgan fingerprint density at radius 2 is 1.82 bits per heavy atom. The number of carbonyl (C=O) groups excluding carboxylic acids is 2. The molecule has 10 heteroatoms. The minimum absolute atomic E-state index is 0.0800. The fraction of sp³-hybridized carbons (Fsp3) is 0.767. The molecule has 0 radical (unpaired) electrons. The molecular weight excluding hydrogens is 520 g/mol. The van der Waals surface area contributed by atoms with Crippen LogP contribution in [-0.4, -0.2) is 74.4 Å². The Morgan fingerprint density at radius 3 is 2.50 bits per heavy atom. The third-order valence-electron chi connectivity index (χ3n) is 11.7. The van der Waals surface area contributed by atoms with Gasteiger partial charge in [-0.25, -0.2) is 4.79 Å². The van der Waals surface area contributed by atoms with Crippen molar-refractivity contribution in [1.29, 1.82) is 0 Å². The van der Waals surface area contributed by atoms with Gasteiger partial charge in [-0.1, -0.05) is 0 Å². The molecule has 10 nitrogen and oxygen atoms in total. The van der Waals surface area contributed by atoms with Gasteiger partial charge in [0.1, 0.15) is 18.2 Å². The molecular formula is C30H40O10. The molecule has 0 bridgehead atoms. The molecule has 0 unspecified atom stereocenters. The van der Waals surface area contributed by atoms with E-state index in [1.807, 2.05) is 6.92 Å². The van der Waals surface area contributed by atoms with Crippen LogP contribution in [-0.2, 0) is 19.1 Å². The van der Waals surface area contributed by atoms with Gasteiger partial charge in [-0.2, -0.15) is 0 Å². The number of carbonyl (C=O) groups is 2. The summed E-state index contributed by atoms with van der Waals surface area (Å²) in [5, 5.41) is 44.6. The maximum atomic E-state index is 14.0. The minimum atomic E-state index is -1.41. The van der Waals surface area contributed by atoms with Gasteiger partial charge in [-0.15, -0.1) is 0 Å². The first-order valence-corrected chi connectivity index (χ1v) is 14.6. The Hall–Kier alpha value is -1.95. The zero-order valence-electron chi connectivity index (χ0n) is 23.0. The van der Waals surface area contributed by atoms with E-state index in [0.717, 1.165) is 6.29 Å². The molecule has 1 aromatic rings. The molecule has 0 spiro atoms. The molecule has 4 saturated carbocycles. The monoisotopic (exact) mass is 560 g/mol. The second-order valence-corrected chi connectivity index (χ2v) is 13.2. The van der Waals surface area contributed by atoms with Crippen LogP contribution in [0, 0.1) is 22.7 Å². The Balaban J connectivity index is 1.26. The van der Waals surface area contributed by atoms with Gasteiger partial charge in [0.2, 0.25) is 0 Å². The number of aliphatic hydroxyl groups is 4. The van der Waals surface area contributed by atoms with Crippen molar-refractivity contribution in [3.8, 4) is 0 Å². The molecule has 6 rings (SSSR count). The third kappa shape index (κ3) is 3.79. The van der Waals surface area contributed by atoms with E-state index in [1.54, 1.807) is 13.0 Å². The molecule has 4 aliphatic carbocycles. The zero-order chi connectivity index (χ0) is 28.7. The highest BCUT2D eigenvalue weighted by Gasteiger charge is 2.74. The van der Waals surface area contributed by atoms with Crippen LogP contribution in [0.3, 0.4) is 0 Å². The second kappa shape index (κ2) is 9.54. The van der Waals surface area contributed by atoms with E-state index in [-0.39, 0.29) is 43.3 Å². The highest BCUT2D eigenvalue weighted by Crippen LogP contribution is 2.70. The Labute approximate surface area is 232 Å². The molecule has 1 saturated heterocycles. The topological polar surface area (TPSA) is 164 Å². The number of Topliss-reactive ketones (excluding diaryl/α,β-unsaturated/α-hetero) is 1. The van der Waals surface area contributed by atoms with E-state index in [9.17, 15) is 34.8 Å². The molecule has 0 amide bonds. The molecule has 5 fully saturated rings. The lowest BCUT2D eigenvalue weighted by atomic mass is 9.41. The highest BCUT2D eigenvalue weighted by molar-refractivity contribution is 5.90. The molecule has 5 aliphatic rings. The van der Waals surface area contributed by atoms with Crippen LogP contribution in [0.25, 0.3) is 0 Å². The quantitative estimate of drug-likeness (QED) is 0.314. The van der Waals surface area contributed by atoms with E-state index < -0.39 is 64.3 Å². The van der Waals surface area contributed by atoms with Crippen molar-refractivity contribution >= 4 is 12.1 Å². The van der Waals surface area contributed by atoms with Crippen molar-refractivity contribution < 1.29 is 43.9 Å². The van der Waals surface area contributed by atoms with E-state index >= 15 is 0 Å². The van der Waals surface area contributed by atoms with E-state index in [4.69, 9.17) is 13.9 Å². The minimum Gasteiger partial charge on any atom is -0.431 e. The Kier molecular flexibility index (Phi) is 6.72. The Bertz CT molecular complexity index is 1200. The molecule has 2 heterocycles. The van der Waals surface area contributed by atoms with Gasteiger partial charge in [0.15, 0.2) is 6.29 Å². The maximum Gasteiger partial charge on any atom is 0.335 e. The maximum absolute atomic E-state index is 14.0. The van der Waals surface area contributed by atoms with E-state index in [2.05, 4.69) is 0 Å². The number of fused-ring (bicyclic) bond motifs is 5. The van der Waals surface area contributed by atoms with Crippen LogP contribution in [0.4, 0.5) is 0 Å². The van der Waals surface area contributed by atoms with Gasteiger partial charge >= 0.3 is 5.63 Å². The fourth-order valence-corrected chi connectivity index (χ4v) is 9.42. The molecule has 1 aliphatic heterocycles. The smallest absolute Gasteiger partial charge is 0.335 e. The summed E-state index contributed by atoms with van der Waals surface area (Å²) in [6.07, 6.45) is 1.27. The Morgan fingerprint density at radius 1 is 1.05 bits per heavy atom. The van der Waals surface area contributed by atoms with Crippen LogP contribution in [0.15, 0.2) is 27.6 Å². The average molecular weight is 561 g/mol. The summed E-state index contributed by atoms with van der Waals surface area (Å²) in [5.74, 6) is -1.31. The number of aliphatic hydroxyl groups excluding tert-OH is 2. The normalized spacial score (nSPS) is 50.5. The van der Waals surface area contributed by atoms with Crippen molar-refractivity contribution in [2.45, 2.75) is 119 Å². The SMILES string of the molecule is C[C@@H]1O[C@@H](O[C@H]2CC[C@]3(C=O)[C@H]4CC(=O)[C@]5(C)[C@@H](c6ccc(=O)oc6)CC[C@]5(O)[C@@H]4CC[C@]3(O)C2)C[C@@H](O)[C@H]1O. The molecule has 12 atom stereocenters. The lowest BCUT2D eigenvalue weighted by molar-refractivity contribution is -0.283. The number of ether oxygens (including phenoxy) is 2. The standard InChI is InChI=1S/C30H40O10/c1-16-26(35)22(32)12-25(39-16)40-18-5-8-28(15-31)21-11-23(33)27(2)19(17-3-4-24(34)38-14-17)7-10-30(27,37)20(21)6-9-29(28,36)13-18/h3-4,14-16,18-22,25-26,32,35-37H,5-13H2,1-2H3/t16-,18-,19+,20+,21-,22+,25-,26-,27-,28-,29-,30-/m0/s1. The summed E-state index contributed by atoms with van der Waals surface area (Å²) in [7, 11) is 0. The summed E-state index contributed by atoms with van der Waals surface area (Å²) in [5.41, 5.74) is -4.85. The van der Waals surface area contributed by atoms with Gasteiger partial charge in [-0.3, -0.25) is 4.79 Å². The predicted octanol–water partition coefficient (Wildman–Crippen LogP) is 1.60. The van der Waals surface area contributed by atoms with Crippen LogP contribution < -0.4 is 5.63 Å². The van der Waals surface area contributed by atoms with Gasteiger partial charge in [-0.05, 0) is 75.8 Å². The fourth-order valence-electron chi connectivity index (χ4n) is 9.42. The lowest BCUT2D eigenvalue weighted by Crippen LogP contribution is -2.70.